The second-order valence-electron chi connectivity index (χ2n) is 5.96. The van der Waals surface area contributed by atoms with Gasteiger partial charge in [0, 0.05) is 36.1 Å². The molecule has 1 aliphatic heterocycles. The Labute approximate surface area is 149 Å². The van der Waals surface area contributed by atoms with Gasteiger partial charge in [0.25, 0.3) is 0 Å². The summed E-state index contributed by atoms with van der Waals surface area (Å²) in [5.74, 6) is 1.20. The summed E-state index contributed by atoms with van der Waals surface area (Å²) in [6.07, 6.45) is 3.69. The van der Waals surface area contributed by atoms with Gasteiger partial charge in [-0.2, -0.15) is 4.98 Å². The van der Waals surface area contributed by atoms with Gasteiger partial charge in [0.05, 0.1) is 12.3 Å². The van der Waals surface area contributed by atoms with Crippen molar-refractivity contribution in [3.05, 3.63) is 65.3 Å². The Bertz CT molecular complexity index is 891. The van der Waals surface area contributed by atoms with E-state index in [4.69, 9.17) is 16.1 Å². The standard InChI is InChI=1S/C18H15ClN4O2/c19-15-6-2-1-4-12(15)8-16(24)23-10-14(11-23)18-21-17(22-25-18)13-5-3-7-20-9-13/h1-7,9,14H,8,10-11H2. The van der Waals surface area contributed by atoms with Crippen LogP contribution in [0.3, 0.4) is 0 Å². The van der Waals surface area contributed by atoms with Gasteiger partial charge in [-0.15, -0.1) is 0 Å². The van der Waals surface area contributed by atoms with Crippen LogP contribution < -0.4 is 0 Å². The molecule has 0 unspecified atom stereocenters. The molecule has 0 N–H and O–H groups in total. The monoisotopic (exact) mass is 354 g/mol. The Morgan fingerprint density at radius 1 is 1.24 bits per heavy atom. The van der Waals surface area contributed by atoms with Gasteiger partial charge in [-0.05, 0) is 23.8 Å². The van der Waals surface area contributed by atoms with Gasteiger partial charge in [-0.25, -0.2) is 0 Å². The Morgan fingerprint density at radius 2 is 2.08 bits per heavy atom. The highest BCUT2D eigenvalue weighted by atomic mass is 35.5. The molecule has 1 aromatic carbocycles. The number of nitrogens with zero attached hydrogens (tertiary/aromatic N) is 4. The topological polar surface area (TPSA) is 72.1 Å². The molecule has 25 heavy (non-hydrogen) atoms. The van der Waals surface area contributed by atoms with E-state index >= 15 is 0 Å². The molecular formula is C18H15ClN4O2. The normalized spacial score (nSPS) is 14.4. The summed E-state index contributed by atoms with van der Waals surface area (Å²) in [5, 5.41) is 4.61. The Hall–Kier alpha value is -2.73. The first-order valence-electron chi connectivity index (χ1n) is 7.96. The first kappa shape index (κ1) is 15.8. The molecule has 0 bridgehead atoms. The van der Waals surface area contributed by atoms with E-state index in [-0.39, 0.29) is 11.8 Å². The molecule has 1 saturated heterocycles. The number of pyridine rings is 1. The largest absolute Gasteiger partial charge is 0.341 e. The van der Waals surface area contributed by atoms with E-state index in [1.165, 1.54) is 0 Å². The van der Waals surface area contributed by atoms with Crippen LogP contribution in [0.4, 0.5) is 0 Å². The molecule has 1 aliphatic rings. The average molecular weight is 355 g/mol. The van der Waals surface area contributed by atoms with Gasteiger partial charge in [-0.1, -0.05) is 35.0 Å². The fraction of sp³-hybridized carbons (Fsp3) is 0.222. The van der Waals surface area contributed by atoms with Gasteiger partial charge < -0.3 is 9.42 Å². The molecule has 0 atom stereocenters. The number of amides is 1. The molecule has 0 saturated carbocycles. The van der Waals surface area contributed by atoms with E-state index in [2.05, 4.69) is 15.1 Å². The van der Waals surface area contributed by atoms with Crippen LogP contribution in [-0.2, 0) is 11.2 Å². The van der Waals surface area contributed by atoms with Crippen LogP contribution in [0.1, 0.15) is 17.4 Å². The van der Waals surface area contributed by atoms with Crippen LogP contribution >= 0.6 is 11.6 Å². The van der Waals surface area contributed by atoms with Gasteiger partial charge in [0.1, 0.15) is 0 Å². The van der Waals surface area contributed by atoms with Crippen LogP contribution in [0.5, 0.6) is 0 Å². The molecule has 6 nitrogen and oxygen atoms in total. The molecule has 0 aliphatic carbocycles. The van der Waals surface area contributed by atoms with Gasteiger partial charge in [0.2, 0.25) is 17.6 Å². The van der Waals surface area contributed by atoms with Crippen LogP contribution in [0.15, 0.2) is 53.3 Å². The fourth-order valence-electron chi connectivity index (χ4n) is 2.77. The number of halogens is 1. The second kappa shape index (κ2) is 6.64. The van der Waals surface area contributed by atoms with Crippen molar-refractivity contribution in [3.63, 3.8) is 0 Å². The van der Waals surface area contributed by atoms with Crippen molar-refractivity contribution in [3.8, 4) is 11.4 Å². The minimum absolute atomic E-state index is 0.0522. The highest BCUT2D eigenvalue weighted by Gasteiger charge is 2.35. The number of carbonyl (C=O) groups excluding carboxylic acids is 1. The lowest BCUT2D eigenvalue weighted by molar-refractivity contribution is -0.135. The maximum atomic E-state index is 12.3. The number of hydrogen-bond donors (Lipinski definition) is 0. The van der Waals surface area contributed by atoms with E-state index in [9.17, 15) is 4.79 Å². The quantitative estimate of drug-likeness (QED) is 0.720. The van der Waals surface area contributed by atoms with Crippen molar-refractivity contribution in [2.45, 2.75) is 12.3 Å². The zero-order valence-corrected chi connectivity index (χ0v) is 14.1. The molecule has 4 rings (SSSR count). The Morgan fingerprint density at radius 3 is 2.84 bits per heavy atom. The predicted molar refractivity (Wildman–Crippen MR) is 92.0 cm³/mol. The maximum Gasteiger partial charge on any atom is 0.233 e. The lowest BCUT2D eigenvalue weighted by Crippen LogP contribution is -2.49. The van der Waals surface area contributed by atoms with E-state index < -0.39 is 0 Å². The summed E-state index contributed by atoms with van der Waals surface area (Å²) >= 11 is 6.11. The number of rotatable bonds is 4. The lowest BCUT2D eigenvalue weighted by Gasteiger charge is -2.37. The van der Waals surface area contributed by atoms with Crippen molar-refractivity contribution < 1.29 is 9.32 Å². The summed E-state index contributed by atoms with van der Waals surface area (Å²) in [6.45, 7) is 1.16. The molecular weight excluding hydrogens is 340 g/mol. The van der Waals surface area contributed by atoms with E-state index in [0.717, 1.165) is 11.1 Å². The highest BCUT2D eigenvalue weighted by molar-refractivity contribution is 6.31. The Balaban J connectivity index is 1.37. The lowest BCUT2D eigenvalue weighted by atomic mass is 9.99. The van der Waals surface area contributed by atoms with Gasteiger partial charge in [0.15, 0.2) is 0 Å². The van der Waals surface area contributed by atoms with Crippen molar-refractivity contribution in [2.75, 3.05) is 13.1 Å². The minimum atomic E-state index is 0.0522. The third-order valence-electron chi connectivity index (χ3n) is 4.24. The Kier molecular flexibility index (Phi) is 4.19. The van der Waals surface area contributed by atoms with E-state index in [1.54, 1.807) is 23.4 Å². The first-order valence-corrected chi connectivity index (χ1v) is 8.33. The molecule has 126 valence electrons. The molecule has 0 spiro atoms. The smallest absolute Gasteiger partial charge is 0.233 e. The van der Waals surface area contributed by atoms with Crippen molar-refractivity contribution >= 4 is 17.5 Å². The maximum absolute atomic E-state index is 12.3. The molecule has 1 fully saturated rings. The number of benzene rings is 1. The fourth-order valence-corrected chi connectivity index (χ4v) is 2.97. The number of carbonyl (C=O) groups is 1. The molecule has 3 heterocycles. The van der Waals surface area contributed by atoms with Crippen LogP contribution in [0.2, 0.25) is 5.02 Å². The summed E-state index contributed by atoms with van der Waals surface area (Å²) in [4.78, 5) is 22.6. The van der Waals surface area contributed by atoms with E-state index in [1.807, 2.05) is 30.3 Å². The first-order chi connectivity index (χ1) is 12.2. The third-order valence-corrected chi connectivity index (χ3v) is 4.61. The summed E-state index contributed by atoms with van der Waals surface area (Å²) in [5.41, 5.74) is 1.65. The van der Waals surface area contributed by atoms with Crippen LogP contribution in [0, 0.1) is 0 Å². The second-order valence-corrected chi connectivity index (χ2v) is 6.37. The highest BCUT2D eigenvalue weighted by Crippen LogP contribution is 2.28. The zero-order valence-electron chi connectivity index (χ0n) is 13.3. The van der Waals surface area contributed by atoms with E-state index in [0.29, 0.717) is 36.2 Å². The van der Waals surface area contributed by atoms with Crippen LogP contribution in [-0.4, -0.2) is 39.0 Å². The molecule has 3 aromatic rings. The number of hydrogen-bond acceptors (Lipinski definition) is 5. The van der Waals surface area contributed by atoms with Crippen molar-refractivity contribution in [2.24, 2.45) is 0 Å². The third kappa shape index (κ3) is 3.25. The van der Waals surface area contributed by atoms with Crippen molar-refractivity contribution in [1.29, 1.82) is 0 Å². The van der Waals surface area contributed by atoms with Crippen LogP contribution in [0.25, 0.3) is 11.4 Å². The molecule has 7 heteroatoms. The SMILES string of the molecule is O=C(Cc1ccccc1Cl)N1CC(c2nc(-c3cccnc3)no2)C1. The minimum Gasteiger partial charge on any atom is -0.341 e. The van der Waals surface area contributed by atoms with Crippen molar-refractivity contribution in [1.82, 2.24) is 20.0 Å². The predicted octanol–water partition coefficient (Wildman–Crippen LogP) is 2.95. The van der Waals surface area contributed by atoms with Gasteiger partial charge in [-0.3, -0.25) is 9.78 Å². The summed E-state index contributed by atoms with van der Waals surface area (Å²) in [7, 11) is 0. The number of likely N-dealkylation sites (tertiary alicyclic amines) is 1. The molecule has 0 radical (unpaired) electrons. The average Bonchev–Trinajstić information content (AvgIpc) is 3.06. The molecule has 1 amide bonds. The number of aromatic nitrogens is 3. The summed E-state index contributed by atoms with van der Waals surface area (Å²) in [6, 6.07) is 11.1. The molecule has 2 aromatic heterocycles. The van der Waals surface area contributed by atoms with Gasteiger partial charge >= 0.3 is 0 Å². The zero-order chi connectivity index (χ0) is 17.2. The summed E-state index contributed by atoms with van der Waals surface area (Å²) < 4.78 is 5.34.